The van der Waals surface area contributed by atoms with Crippen molar-refractivity contribution in [2.24, 2.45) is 7.05 Å². The van der Waals surface area contributed by atoms with Gasteiger partial charge >= 0.3 is 5.69 Å². The number of nitrogens with zero attached hydrogens (tertiary/aromatic N) is 3. The van der Waals surface area contributed by atoms with Gasteiger partial charge in [0.05, 0.1) is 12.6 Å². The van der Waals surface area contributed by atoms with Gasteiger partial charge in [0.1, 0.15) is 18.5 Å². The smallest absolute Gasteiger partial charge is 0.329 e. The van der Waals surface area contributed by atoms with Crippen LogP contribution in [0.4, 0.5) is 0 Å². The second-order valence-electron chi connectivity index (χ2n) is 6.89. The minimum Gasteiger partial charge on any atom is -0.491 e. The summed E-state index contributed by atoms with van der Waals surface area (Å²) in [5.74, 6) is 1.02. The summed E-state index contributed by atoms with van der Waals surface area (Å²) in [7, 11) is 1.51. The highest BCUT2D eigenvalue weighted by atomic mass is 32.2. The molecule has 9 nitrogen and oxygen atoms in total. The second-order valence-corrected chi connectivity index (χ2v) is 7.87. The first-order chi connectivity index (χ1) is 13.8. The number of ether oxygens (including phenoxy) is 1. The molecular weight excluding hydrogens is 396 g/mol. The number of para-hydroxylation sites is 1. The van der Waals surface area contributed by atoms with E-state index in [0.717, 1.165) is 5.56 Å². The number of aryl methyl sites for hydroxylation is 2. The van der Waals surface area contributed by atoms with Gasteiger partial charge in [0.15, 0.2) is 16.3 Å². The van der Waals surface area contributed by atoms with E-state index in [2.05, 4.69) is 9.97 Å². The van der Waals surface area contributed by atoms with E-state index in [1.54, 1.807) is 11.5 Å². The van der Waals surface area contributed by atoms with Crippen molar-refractivity contribution in [1.29, 1.82) is 0 Å². The average molecular weight is 420 g/mol. The number of H-pyrrole nitrogens is 1. The lowest BCUT2D eigenvalue weighted by Gasteiger charge is -2.16. The predicted molar refractivity (Wildman–Crippen MR) is 111 cm³/mol. The first kappa shape index (κ1) is 21.2. The van der Waals surface area contributed by atoms with Crippen molar-refractivity contribution in [1.82, 2.24) is 19.1 Å². The maximum absolute atomic E-state index is 12.4. The lowest BCUT2D eigenvalue weighted by Crippen LogP contribution is -2.30. The molecule has 0 fully saturated rings. The number of hydrogen-bond acceptors (Lipinski definition) is 7. The summed E-state index contributed by atoms with van der Waals surface area (Å²) in [6.07, 6.45) is -1.50. The van der Waals surface area contributed by atoms with Crippen molar-refractivity contribution >= 4 is 22.9 Å². The molecule has 1 aromatic carbocycles. The second kappa shape index (κ2) is 8.85. The number of nitrogens with one attached hydrogen (secondary N) is 1. The van der Waals surface area contributed by atoms with Crippen molar-refractivity contribution in [2.45, 2.75) is 37.8 Å². The molecule has 3 aromatic rings. The molecule has 29 heavy (non-hydrogen) atoms. The van der Waals surface area contributed by atoms with Gasteiger partial charge in [-0.2, -0.15) is 0 Å². The van der Waals surface area contributed by atoms with Gasteiger partial charge < -0.3 is 19.5 Å². The molecule has 0 aliphatic heterocycles. The number of rotatable bonds is 8. The Labute approximate surface area is 171 Å². The molecule has 0 saturated carbocycles. The van der Waals surface area contributed by atoms with Gasteiger partial charge in [0.2, 0.25) is 0 Å². The Kier molecular flexibility index (Phi) is 6.46. The number of imidazole rings is 1. The Morgan fingerprint density at radius 1 is 1.28 bits per heavy atom. The number of hydrogen-bond donors (Lipinski definition) is 3. The highest BCUT2D eigenvalue weighted by molar-refractivity contribution is 7.99. The van der Waals surface area contributed by atoms with Gasteiger partial charge in [-0.25, -0.2) is 9.78 Å². The van der Waals surface area contributed by atoms with Crippen LogP contribution < -0.4 is 16.0 Å². The van der Waals surface area contributed by atoms with E-state index in [9.17, 15) is 19.8 Å². The molecule has 0 spiro atoms. The zero-order valence-electron chi connectivity index (χ0n) is 16.5. The summed E-state index contributed by atoms with van der Waals surface area (Å²) in [6, 6.07) is 7.48. The van der Waals surface area contributed by atoms with Gasteiger partial charge in [-0.15, -0.1) is 0 Å². The summed E-state index contributed by atoms with van der Waals surface area (Å²) < 4.78 is 8.51. The molecule has 0 aliphatic carbocycles. The van der Waals surface area contributed by atoms with E-state index in [1.807, 2.05) is 31.2 Å². The van der Waals surface area contributed by atoms with E-state index < -0.39 is 23.5 Å². The normalized spacial score (nSPS) is 13.6. The minimum absolute atomic E-state index is 0.0225. The van der Waals surface area contributed by atoms with E-state index in [0.29, 0.717) is 16.7 Å². The first-order valence-corrected chi connectivity index (χ1v) is 10.1. The van der Waals surface area contributed by atoms with Crippen LogP contribution in [0.5, 0.6) is 5.75 Å². The number of aliphatic hydroxyl groups is 2. The highest BCUT2D eigenvalue weighted by Gasteiger charge is 2.20. The molecule has 10 heteroatoms. The van der Waals surface area contributed by atoms with Gasteiger partial charge in [-0.05, 0) is 25.5 Å². The van der Waals surface area contributed by atoms with Crippen LogP contribution in [0, 0.1) is 6.92 Å². The maximum Gasteiger partial charge on any atom is 0.329 e. The SMILES string of the molecule is Cc1ccccc1OC[C@@H](O)Cn1c(SC[C@@H](C)O)nc2c1c(=O)[nH]c(=O)n2C. The molecule has 0 saturated heterocycles. The molecule has 3 N–H and O–H groups in total. The van der Waals surface area contributed by atoms with Crippen molar-refractivity contribution < 1.29 is 14.9 Å². The van der Waals surface area contributed by atoms with Crippen LogP contribution in [0.1, 0.15) is 12.5 Å². The summed E-state index contributed by atoms with van der Waals surface area (Å²) in [5, 5.41) is 20.6. The Bertz CT molecular complexity index is 1120. The Morgan fingerprint density at radius 2 is 2.00 bits per heavy atom. The molecule has 0 radical (unpaired) electrons. The third-order valence-corrected chi connectivity index (χ3v) is 5.56. The van der Waals surface area contributed by atoms with Crippen molar-refractivity contribution in [3.63, 3.8) is 0 Å². The minimum atomic E-state index is -0.922. The van der Waals surface area contributed by atoms with Crippen LogP contribution in [0.2, 0.25) is 0 Å². The zero-order valence-corrected chi connectivity index (χ0v) is 17.3. The lowest BCUT2D eigenvalue weighted by atomic mass is 10.2. The van der Waals surface area contributed by atoms with Crippen LogP contribution in [-0.4, -0.2) is 53.9 Å². The quantitative estimate of drug-likeness (QED) is 0.457. The number of benzene rings is 1. The molecule has 2 atom stereocenters. The van der Waals surface area contributed by atoms with Crippen LogP contribution in [0.25, 0.3) is 11.2 Å². The Hall–Kier alpha value is -2.56. The molecule has 2 heterocycles. The molecule has 0 bridgehead atoms. The number of thioether (sulfide) groups is 1. The van der Waals surface area contributed by atoms with E-state index in [-0.39, 0.29) is 24.3 Å². The fraction of sp³-hybridized carbons (Fsp3) is 0.421. The largest absolute Gasteiger partial charge is 0.491 e. The molecule has 2 aromatic heterocycles. The third kappa shape index (κ3) is 4.72. The summed E-state index contributed by atoms with van der Waals surface area (Å²) in [5.41, 5.74) is 0.218. The number of aromatic amines is 1. The summed E-state index contributed by atoms with van der Waals surface area (Å²) >= 11 is 1.24. The summed E-state index contributed by atoms with van der Waals surface area (Å²) in [4.78, 5) is 31.0. The predicted octanol–water partition coefficient (Wildman–Crippen LogP) is 0.645. The average Bonchev–Trinajstić information content (AvgIpc) is 3.03. The van der Waals surface area contributed by atoms with Gasteiger partial charge in [-0.1, -0.05) is 30.0 Å². The molecule has 0 aliphatic rings. The number of fused-ring (bicyclic) bond motifs is 1. The van der Waals surface area contributed by atoms with Crippen molar-refractivity contribution in [2.75, 3.05) is 12.4 Å². The molecular formula is C19H24N4O5S. The fourth-order valence-electron chi connectivity index (χ4n) is 2.86. The standard InChI is InChI=1S/C19H24N4O5S/c1-11-6-4-5-7-14(11)28-9-13(25)8-23-15-16(20-19(23)29-10-12(2)24)22(3)18(27)21-17(15)26/h4-7,12-13,24-25H,8-10H2,1-3H3,(H,21,26,27)/t12-,13+/m1/s1. The number of aromatic nitrogens is 4. The molecule has 156 valence electrons. The monoisotopic (exact) mass is 420 g/mol. The van der Waals surface area contributed by atoms with Crippen LogP contribution in [0.15, 0.2) is 39.0 Å². The van der Waals surface area contributed by atoms with Crippen molar-refractivity contribution in [3.8, 4) is 5.75 Å². The van der Waals surface area contributed by atoms with E-state index >= 15 is 0 Å². The Balaban J connectivity index is 1.90. The van der Waals surface area contributed by atoms with Gasteiger partial charge in [0.25, 0.3) is 5.56 Å². The van der Waals surface area contributed by atoms with E-state index in [1.165, 1.54) is 23.4 Å². The number of aliphatic hydroxyl groups excluding tert-OH is 2. The molecule has 0 amide bonds. The molecule has 0 unspecified atom stereocenters. The van der Waals surface area contributed by atoms with Crippen molar-refractivity contribution in [3.05, 3.63) is 50.7 Å². The highest BCUT2D eigenvalue weighted by Crippen LogP contribution is 2.23. The van der Waals surface area contributed by atoms with Crippen LogP contribution in [0.3, 0.4) is 0 Å². The summed E-state index contributed by atoms with van der Waals surface area (Å²) in [6.45, 7) is 3.63. The topological polar surface area (TPSA) is 122 Å². The fourth-order valence-corrected chi connectivity index (χ4v) is 3.72. The van der Waals surface area contributed by atoms with Crippen LogP contribution in [-0.2, 0) is 13.6 Å². The van der Waals surface area contributed by atoms with Crippen LogP contribution >= 0.6 is 11.8 Å². The first-order valence-electron chi connectivity index (χ1n) is 9.14. The van der Waals surface area contributed by atoms with Gasteiger partial charge in [0, 0.05) is 12.8 Å². The molecule has 3 rings (SSSR count). The third-order valence-electron chi connectivity index (χ3n) is 4.34. The zero-order chi connectivity index (χ0) is 21.1. The van der Waals surface area contributed by atoms with Gasteiger partial charge in [-0.3, -0.25) is 14.3 Å². The van der Waals surface area contributed by atoms with E-state index in [4.69, 9.17) is 4.74 Å². The Morgan fingerprint density at radius 3 is 2.69 bits per heavy atom. The lowest BCUT2D eigenvalue weighted by molar-refractivity contribution is 0.0910. The maximum atomic E-state index is 12.4.